The van der Waals surface area contributed by atoms with Crippen molar-refractivity contribution in [2.75, 3.05) is 11.9 Å². The van der Waals surface area contributed by atoms with Crippen molar-refractivity contribution in [1.29, 1.82) is 0 Å². The van der Waals surface area contributed by atoms with Gasteiger partial charge < -0.3 is 10.2 Å². The quantitative estimate of drug-likeness (QED) is 0.728. The Morgan fingerprint density at radius 1 is 1.04 bits per heavy atom. The van der Waals surface area contributed by atoms with Gasteiger partial charge in [0.25, 0.3) is 5.91 Å². The molecule has 1 aliphatic rings. The molecule has 0 spiro atoms. The molecule has 0 aliphatic carbocycles. The van der Waals surface area contributed by atoms with Crippen LogP contribution in [0.2, 0.25) is 0 Å². The molecule has 0 radical (unpaired) electrons. The molecule has 8 heteroatoms. The van der Waals surface area contributed by atoms with E-state index in [1.165, 1.54) is 11.1 Å². The minimum Gasteiger partial charge on any atom is -0.323 e. The molecule has 1 aliphatic heterocycles. The molecule has 134 valence electrons. The summed E-state index contributed by atoms with van der Waals surface area (Å²) in [6.07, 6.45) is 4.43. The fraction of sp³-hybridized carbons (Fsp3) is 0.222. The molecular weight excluding hydrogens is 334 g/mol. The fourth-order valence-electron chi connectivity index (χ4n) is 2.79. The Bertz CT molecular complexity index is 782. The number of carbonyl (C=O) groups excluding carboxylic acids is 3. The summed E-state index contributed by atoms with van der Waals surface area (Å²) in [5.74, 6) is -0.699. The molecule has 2 heterocycles. The maximum atomic E-state index is 12.4. The first-order valence-electron chi connectivity index (χ1n) is 8.28. The van der Waals surface area contributed by atoms with Crippen LogP contribution in [0.25, 0.3) is 0 Å². The van der Waals surface area contributed by atoms with Crippen molar-refractivity contribution < 1.29 is 14.4 Å². The van der Waals surface area contributed by atoms with Gasteiger partial charge in [-0.3, -0.25) is 20.0 Å². The van der Waals surface area contributed by atoms with Crippen molar-refractivity contribution >= 4 is 23.5 Å². The first kappa shape index (κ1) is 17.4. The van der Waals surface area contributed by atoms with Crippen LogP contribution < -0.4 is 16.2 Å². The number of aromatic nitrogens is 1. The number of rotatable bonds is 3. The Balaban J connectivity index is 1.56. The molecule has 4 amide bonds. The van der Waals surface area contributed by atoms with Gasteiger partial charge in [-0.2, -0.15) is 0 Å². The van der Waals surface area contributed by atoms with Crippen molar-refractivity contribution in [3.05, 3.63) is 60.4 Å². The highest BCUT2D eigenvalue weighted by Gasteiger charge is 2.34. The number of benzene rings is 1. The number of anilines is 1. The summed E-state index contributed by atoms with van der Waals surface area (Å²) in [7, 11) is 0. The summed E-state index contributed by atoms with van der Waals surface area (Å²) >= 11 is 0. The normalized spacial score (nSPS) is 16.0. The minimum absolute atomic E-state index is 0.278. The van der Waals surface area contributed by atoms with E-state index in [1.54, 1.807) is 48.7 Å². The van der Waals surface area contributed by atoms with Gasteiger partial charge in [-0.25, -0.2) is 10.2 Å². The first-order valence-corrected chi connectivity index (χ1v) is 8.28. The molecule has 3 N–H and O–H groups in total. The Kier molecular flexibility index (Phi) is 5.43. The second-order valence-corrected chi connectivity index (χ2v) is 5.83. The molecule has 1 atom stereocenters. The Morgan fingerprint density at radius 2 is 1.85 bits per heavy atom. The topological polar surface area (TPSA) is 103 Å². The van der Waals surface area contributed by atoms with Crippen LogP contribution in [-0.2, 0) is 4.79 Å². The lowest BCUT2D eigenvalue weighted by molar-refractivity contribution is -0.119. The van der Waals surface area contributed by atoms with Crippen LogP contribution in [0.1, 0.15) is 23.2 Å². The summed E-state index contributed by atoms with van der Waals surface area (Å²) in [6.45, 7) is 0.443. The van der Waals surface area contributed by atoms with Crippen LogP contribution in [0, 0.1) is 0 Å². The van der Waals surface area contributed by atoms with Crippen molar-refractivity contribution in [2.24, 2.45) is 0 Å². The van der Waals surface area contributed by atoms with E-state index in [1.807, 2.05) is 0 Å². The maximum Gasteiger partial charge on any atom is 0.336 e. The standard InChI is InChI=1S/C18H19N5O3/c24-16(13-6-2-1-3-7-13)21-22-18(26)23-11-5-9-15(23)17(25)20-14-8-4-10-19-12-14/h1-4,6-8,10,12,15H,5,9,11H2,(H,20,25)(H,21,24)(H,22,26)/t15-/m0/s1. The van der Waals surface area contributed by atoms with Gasteiger partial charge in [0.2, 0.25) is 5.91 Å². The van der Waals surface area contributed by atoms with Gasteiger partial charge in [0.05, 0.1) is 11.9 Å². The summed E-state index contributed by atoms with van der Waals surface area (Å²) in [5.41, 5.74) is 5.73. The monoisotopic (exact) mass is 353 g/mol. The molecule has 0 unspecified atom stereocenters. The maximum absolute atomic E-state index is 12.4. The molecule has 2 aromatic rings. The van der Waals surface area contributed by atoms with Crippen molar-refractivity contribution in [2.45, 2.75) is 18.9 Å². The summed E-state index contributed by atoms with van der Waals surface area (Å²) in [4.78, 5) is 42.1. The smallest absolute Gasteiger partial charge is 0.323 e. The molecule has 8 nitrogen and oxygen atoms in total. The lowest BCUT2D eigenvalue weighted by atomic mass is 10.2. The largest absolute Gasteiger partial charge is 0.336 e. The van der Waals surface area contributed by atoms with E-state index >= 15 is 0 Å². The van der Waals surface area contributed by atoms with Gasteiger partial charge in [0, 0.05) is 18.3 Å². The lowest BCUT2D eigenvalue weighted by Crippen LogP contribution is -2.52. The molecule has 3 rings (SSSR count). The molecular formula is C18H19N5O3. The van der Waals surface area contributed by atoms with Gasteiger partial charge >= 0.3 is 6.03 Å². The van der Waals surface area contributed by atoms with E-state index in [-0.39, 0.29) is 5.91 Å². The zero-order valence-electron chi connectivity index (χ0n) is 14.0. The fourth-order valence-corrected chi connectivity index (χ4v) is 2.79. The molecule has 26 heavy (non-hydrogen) atoms. The lowest BCUT2D eigenvalue weighted by Gasteiger charge is -2.24. The molecule has 1 fully saturated rings. The van der Waals surface area contributed by atoms with Gasteiger partial charge in [0.15, 0.2) is 0 Å². The highest BCUT2D eigenvalue weighted by molar-refractivity contribution is 5.98. The molecule has 0 bridgehead atoms. The predicted octanol–water partition coefficient (Wildman–Crippen LogP) is 1.54. The SMILES string of the molecule is O=C(NNC(=O)N1CCC[C@H]1C(=O)Nc1cccnc1)c1ccccc1. The number of amides is 4. The predicted molar refractivity (Wildman–Crippen MR) is 95.0 cm³/mol. The zero-order chi connectivity index (χ0) is 18.4. The minimum atomic E-state index is -0.594. The molecule has 0 saturated carbocycles. The van der Waals surface area contributed by atoms with Crippen LogP contribution in [0.4, 0.5) is 10.5 Å². The van der Waals surface area contributed by atoms with Gasteiger partial charge in [-0.05, 0) is 37.1 Å². The Hall–Kier alpha value is -3.42. The third kappa shape index (κ3) is 4.15. The zero-order valence-corrected chi connectivity index (χ0v) is 14.0. The summed E-state index contributed by atoms with van der Waals surface area (Å²) in [5, 5.41) is 2.75. The van der Waals surface area contributed by atoms with Crippen molar-refractivity contribution in [3.8, 4) is 0 Å². The number of hydrogen-bond acceptors (Lipinski definition) is 4. The van der Waals surface area contributed by atoms with E-state index in [2.05, 4.69) is 21.2 Å². The second kappa shape index (κ2) is 8.11. The van der Waals surface area contributed by atoms with Crippen molar-refractivity contribution in [3.63, 3.8) is 0 Å². The van der Waals surface area contributed by atoms with Gasteiger partial charge in [-0.1, -0.05) is 18.2 Å². The second-order valence-electron chi connectivity index (χ2n) is 5.83. The average Bonchev–Trinajstić information content (AvgIpc) is 3.17. The number of nitrogens with zero attached hydrogens (tertiary/aromatic N) is 2. The van der Waals surface area contributed by atoms with Crippen LogP contribution in [0.5, 0.6) is 0 Å². The number of pyridine rings is 1. The van der Waals surface area contributed by atoms with Gasteiger partial charge in [0.1, 0.15) is 6.04 Å². The Labute approximate surface area is 150 Å². The average molecular weight is 353 g/mol. The third-order valence-corrected chi connectivity index (χ3v) is 4.06. The third-order valence-electron chi connectivity index (χ3n) is 4.06. The van der Waals surface area contributed by atoms with E-state index in [9.17, 15) is 14.4 Å². The van der Waals surface area contributed by atoms with Crippen LogP contribution in [0.15, 0.2) is 54.9 Å². The number of hydrogen-bond donors (Lipinski definition) is 3. The molecule has 1 saturated heterocycles. The van der Waals surface area contributed by atoms with E-state index in [4.69, 9.17) is 0 Å². The highest BCUT2D eigenvalue weighted by atomic mass is 16.2. The van der Waals surface area contributed by atoms with E-state index in [0.717, 1.165) is 0 Å². The number of carbonyl (C=O) groups is 3. The Morgan fingerprint density at radius 3 is 2.58 bits per heavy atom. The van der Waals surface area contributed by atoms with Crippen LogP contribution >= 0.6 is 0 Å². The van der Waals surface area contributed by atoms with Crippen molar-refractivity contribution in [1.82, 2.24) is 20.7 Å². The number of urea groups is 1. The van der Waals surface area contributed by atoms with E-state index < -0.39 is 18.0 Å². The number of likely N-dealkylation sites (tertiary alicyclic amines) is 1. The summed E-state index contributed by atoms with van der Waals surface area (Å²) in [6, 6.07) is 10.9. The first-order chi connectivity index (χ1) is 12.6. The number of hydrazine groups is 1. The molecule has 1 aromatic heterocycles. The van der Waals surface area contributed by atoms with Crippen LogP contribution in [-0.4, -0.2) is 40.3 Å². The number of nitrogens with one attached hydrogen (secondary N) is 3. The van der Waals surface area contributed by atoms with Gasteiger partial charge in [-0.15, -0.1) is 0 Å². The van der Waals surface area contributed by atoms with Crippen LogP contribution in [0.3, 0.4) is 0 Å². The summed E-state index contributed by atoms with van der Waals surface area (Å²) < 4.78 is 0. The van der Waals surface area contributed by atoms with E-state index in [0.29, 0.717) is 30.6 Å². The highest BCUT2D eigenvalue weighted by Crippen LogP contribution is 2.19. The molecule has 1 aromatic carbocycles.